The molecule has 0 aliphatic carbocycles. The van der Waals surface area contributed by atoms with Crippen LogP contribution in [0.2, 0.25) is 0 Å². The van der Waals surface area contributed by atoms with Crippen LogP contribution in [0.4, 0.5) is 0 Å². The maximum absolute atomic E-state index is 11.6. The predicted molar refractivity (Wildman–Crippen MR) is 74.9 cm³/mol. The summed E-state index contributed by atoms with van der Waals surface area (Å²) in [6, 6.07) is 20.0. The fourth-order valence-corrected chi connectivity index (χ4v) is 2.36. The van der Waals surface area contributed by atoms with E-state index < -0.39 is 0 Å². The first-order chi connectivity index (χ1) is 9.34. The van der Waals surface area contributed by atoms with E-state index in [4.69, 9.17) is 0 Å². The lowest BCUT2D eigenvalue weighted by molar-refractivity contribution is -0.121. The summed E-state index contributed by atoms with van der Waals surface area (Å²) in [5.74, 6) is -0.00844. The molecule has 1 heterocycles. The Morgan fingerprint density at radius 2 is 1.58 bits per heavy atom. The van der Waals surface area contributed by atoms with Crippen molar-refractivity contribution in [2.45, 2.75) is 12.3 Å². The average molecular weight is 250 g/mol. The van der Waals surface area contributed by atoms with Gasteiger partial charge in [0.15, 0.2) is 0 Å². The molecule has 0 saturated carbocycles. The Labute approximate surface area is 112 Å². The summed E-state index contributed by atoms with van der Waals surface area (Å²) in [4.78, 5) is 11.6. The second-order valence-corrected chi connectivity index (χ2v) is 4.57. The number of nitrogens with zero attached hydrogens (tertiary/aromatic N) is 1. The molecule has 1 aliphatic heterocycles. The topological polar surface area (TPSA) is 41.5 Å². The molecule has 3 heteroatoms. The SMILES string of the molecule is O=C1C[C@H](c2ccccc2)C(c2ccccc2)=NN1. The van der Waals surface area contributed by atoms with Crippen LogP contribution in [0.5, 0.6) is 0 Å². The average Bonchev–Trinajstić information content (AvgIpc) is 2.49. The van der Waals surface area contributed by atoms with Crippen molar-refractivity contribution in [3.8, 4) is 0 Å². The number of hydrogen-bond donors (Lipinski definition) is 1. The maximum atomic E-state index is 11.6. The van der Waals surface area contributed by atoms with E-state index in [1.165, 1.54) is 0 Å². The van der Waals surface area contributed by atoms with Crippen molar-refractivity contribution in [2.75, 3.05) is 0 Å². The molecular weight excluding hydrogens is 236 g/mol. The molecule has 0 spiro atoms. The first-order valence-corrected chi connectivity index (χ1v) is 6.31. The second-order valence-electron chi connectivity index (χ2n) is 4.57. The zero-order valence-electron chi connectivity index (χ0n) is 10.4. The van der Waals surface area contributed by atoms with Gasteiger partial charge in [0, 0.05) is 12.3 Å². The van der Waals surface area contributed by atoms with Crippen LogP contribution in [0, 0.1) is 0 Å². The van der Waals surface area contributed by atoms with Gasteiger partial charge in [-0.25, -0.2) is 5.43 Å². The zero-order valence-corrected chi connectivity index (χ0v) is 10.4. The highest BCUT2D eigenvalue weighted by Gasteiger charge is 2.26. The van der Waals surface area contributed by atoms with Gasteiger partial charge in [-0.1, -0.05) is 60.7 Å². The summed E-state index contributed by atoms with van der Waals surface area (Å²) < 4.78 is 0. The highest BCUT2D eigenvalue weighted by Crippen LogP contribution is 2.27. The molecule has 1 atom stereocenters. The third-order valence-electron chi connectivity index (χ3n) is 3.29. The van der Waals surface area contributed by atoms with E-state index in [-0.39, 0.29) is 11.8 Å². The molecule has 2 aromatic rings. The first-order valence-electron chi connectivity index (χ1n) is 6.31. The summed E-state index contributed by atoms with van der Waals surface area (Å²) in [6.45, 7) is 0. The minimum absolute atomic E-state index is 0.0253. The normalized spacial score (nSPS) is 18.6. The molecule has 0 aromatic heterocycles. The standard InChI is InChI=1S/C16H14N2O/c19-15-11-14(12-7-3-1-4-8-12)16(18-17-15)13-9-5-2-6-10-13/h1-10,14H,11H2,(H,17,19)/t14-/m1/s1. The van der Waals surface area contributed by atoms with Crippen LogP contribution in [0.25, 0.3) is 0 Å². The number of nitrogens with one attached hydrogen (secondary N) is 1. The van der Waals surface area contributed by atoms with Gasteiger partial charge in [0.2, 0.25) is 5.91 Å². The van der Waals surface area contributed by atoms with E-state index in [0.29, 0.717) is 6.42 Å². The molecule has 3 rings (SSSR count). The van der Waals surface area contributed by atoms with Crippen molar-refractivity contribution in [2.24, 2.45) is 5.10 Å². The van der Waals surface area contributed by atoms with Crippen molar-refractivity contribution in [1.82, 2.24) is 5.43 Å². The van der Waals surface area contributed by atoms with Gasteiger partial charge in [0.1, 0.15) is 0 Å². The molecule has 1 aliphatic rings. The highest BCUT2D eigenvalue weighted by atomic mass is 16.2. The lowest BCUT2D eigenvalue weighted by Crippen LogP contribution is -2.32. The van der Waals surface area contributed by atoms with Crippen molar-refractivity contribution in [1.29, 1.82) is 0 Å². The summed E-state index contributed by atoms with van der Waals surface area (Å²) in [6.07, 6.45) is 0.442. The summed E-state index contributed by atoms with van der Waals surface area (Å²) in [5, 5.41) is 4.26. The van der Waals surface area contributed by atoms with Gasteiger partial charge in [0.05, 0.1) is 5.71 Å². The second kappa shape index (κ2) is 5.06. The summed E-state index contributed by atoms with van der Waals surface area (Å²) in [7, 11) is 0. The van der Waals surface area contributed by atoms with Crippen LogP contribution in [-0.2, 0) is 4.79 Å². The van der Waals surface area contributed by atoms with Gasteiger partial charge < -0.3 is 0 Å². The van der Waals surface area contributed by atoms with E-state index in [1.807, 2.05) is 60.7 Å². The number of hydrogen-bond acceptors (Lipinski definition) is 2. The van der Waals surface area contributed by atoms with Crippen molar-refractivity contribution in [3.63, 3.8) is 0 Å². The van der Waals surface area contributed by atoms with Crippen LogP contribution in [0.3, 0.4) is 0 Å². The Kier molecular flexibility index (Phi) is 3.11. The quantitative estimate of drug-likeness (QED) is 0.874. The largest absolute Gasteiger partial charge is 0.273 e. The molecule has 1 N–H and O–H groups in total. The Bertz CT molecular complexity index is 605. The van der Waals surface area contributed by atoms with E-state index in [2.05, 4.69) is 10.5 Å². The fraction of sp³-hybridized carbons (Fsp3) is 0.125. The number of benzene rings is 2. The molecule has 3 nitrogen and oxygen atoms in total. The molecule has 19 heavy (non-hydrogen) atoms. The predicted octanol–water partition coefficient (Wildman–Crippen LogP) is 2.69. The third-order valence-corrected chi connectivity index (χ3v) is 3.29. The van der Waals surface area contributed by atoms with Gasteiger partial charge in [-0.15, -0.1) is 0 Å². The minimum Gasteiger partial charge on any atom is -0.273 e. The fourth-order valence-electron chi connectivity index (χ4n) is 2.36. The van der Waals surface area contributed by atoms with Gasteiger partial charge in [-0.05, 0) is 11.1 Å². The molecule has 0 fully saturated rings. The van der Waals surface area contributed by atoms with Crippen molar-refractivity contribution < 1.29 is 4.79 Å². The summed E-state index contributed by atoms with van der Waals surface area (Å²) in [5.41, 5.74) is 5.68. The van der Waals surface area contributed by atoms with Crippen LogP contribution in [0.1, 0.15) is 23.5 Å². The first kappa shape index (κ1) is 11.7. The molecule has 0 radical (unpaired) electrons. The van der Waals surface area contributed by atoms with Crippen molar-refractivity contribution in [3.05, 3.63) is 71.8 Å². The van der Waals surface area contributed by atoms with Gasteiger partial charge >= 0.3 is 0 Å². The maximum Gasteiger partial charge on any atom is 0.241 e. The number of hydrazone groups is 1. The Hall–Kier alpha value is -2.42. The minimum atomic E-state index is -0.0338. The van der Waals surface area contributed by atoms with Crippen LogP contribution in [0.15, 0.2) is 65.8 Å². The number of carbonyl (C=O) groups excluding carboxylic acids is 1. The molecule has 1 amide bonds. The van der Waals surface area contributed by atoms with E-state index in [1.54, 1.807) is 0 Å². The number of rotatable bonds is 2. The van der Waals surface area contributed by atoms with Gasteiger partial charge in [-0.3, -0.25) is 4.79 Å². The van der Waals surface area contributed by atoms with Crippen molar-refractivity contribution >= 4 is 11.6 Å². The number of amides is 1. The smallest absolute Gasteiger partial charge is 0.241 e. The summed E-state index contributed by atoms with van der Waals surface area (Å²) >= 11 is 0. The lowest BCUT2D eigenvalue weighted by Gasteiger charge is -2.23. The van der Waals surface area contributed by atoms with Crippen LogP contribution < -0.4 is 5.43 Å². The Morgan fingerprint density at radius 1 is 0.947 bits per heavy atom. The Morgan fingerprint density at radius 3 is 2.26 bits per heavy atom. The van der Waals surface area contributed by atoms with Gasteiger partial charge in [0.25, 0.3) is 0 Å². The van der Waals surface area contributed by atoms with Crippen LogP contribution in [-0.4, -0.2) is 11.6 Å². The third kappa shape index (κ3) is 2.40. The highest BCUT2D eigenvalue weighted by molar-refractivity contribution is 6.08. The molecule has 0 saturated heterocycles. The van der Waals surface area contributed by atoms with E-state index in [0.717, 1.165) is 16.8 Å². The molecule has 2 aromatic carbocycles. The van der Waals surface area contributed by atoms with E-state index >= 15 is 0 Å². The Balaban J connectivity index is 2.03. The monoisotopic (exact) mass is 250 g/mol. The van der Waals surface area contributed by atoms with Gasteiger partial charge in [-0.2, -0.15) is 5.10 Å². The molecule has 94 valence electrons. The lowest BCUT2D eigenvalue weighted by atomic mass is 9.86. The molecular formula is C16H14N2O. The zero-order chi connectivity index (χ0) is 13.1. The van der Waals surface area contributed by atoms with E-state index in [9.17, 15) is 4.79 Å². The number of carbonyl (C=O) groups is 1. The van der Waals surface area contributed by atoms with Crippen LogP contribution >= 0.6 is 0 Å². The molecule has 0 bridgehead atoms. The molecule has 0 unspecified atom stereocenters.